The fourth-order valence-electron chi connectivity index (χ4n) is 1.60. The van der Waals surface area contributed by atoms with Gasteiger partial charge in [-0.05, 0) is 17.7 Å². The van der Waals surface area contributed by atoms with Crippen LogP contribution in [0.4, 0.5) is 0 Å². The molecule has 3 nitrogen and oxygen atoms in total. The largest absolute Gasteiger partial charge is 0.508 e. The van der Waals surface area contributed by atoms with Gasteiger partial charge in [0.1, 0.15) is 5.75 Å². The molecule has 4 heteroatoms. The first-order valence-corrected chi connectivity index (χ1v) is 5.43. The van der Waals surface area contributed by atoms with Crippen LogP contribution in [0.1, 0.15) is 11.1 Å². The minimum absolute atomic E-state index is 0.0692. The second kappa shape index (κ2) is 4.55. The van der Waals surface area contributed by atoms with Gasteiger partial charge in [-0.3, -0.25) is 0 Å². The minimum Gasteiger partial charge on any atom is -0.508 e. The van der Waals surface area contributed by atoms with E-state index in [4.69, 9.17) is 11.6 Å². The first kappa shape index (κ1) is 11.6. The Morgan fingerprint density at radius 3 is 2.18 bits per heavy atom. The first-order chi connectivity index (χ1) is 8.08. The maximum Gasteiger partial charge on any atom is 0.161 e. The maximum absolute atomic E-state index is 9.65. The third-order valence-electron chi connectivity index (χ3n) is 2.51. The molecule has 0 aliphatic carbocycles. The number of rotatable bonds is 2. The molecule has 17 heavy (non-hydrogen) atoms. The number of aromatic hydroxyl groups is 3. The molecule has 0 aromatic heterocycles. The second-order valence-corrected chi connectivity index (χ2v) is 4.15. The molecule has 3 N–H and O–H groups in total. The highest BCUT2D eigenvalue weighted by molar-refractivity contribution is 6.31. The highest BCUT2D eigenvalue weighted by Gasteiger charge is 2.09. The number of hydrogen-bond acceptors (Lipinski definition) is 3. The molecule has 2 rings (SSSR count). The van der Waals surface area contributed by atoms with E-state index >= 15 is 0 Å². The average Bonchev–Trinajstić information content (AvgIpc) is 2.29. The van der Waals surface area contributed by atoms with Gasteiger partial charge in [0.05, 0.1) is 0 Å². The Kier molecular flexibility index (Phi) is 3.11. The molecule has 88 valence electrons. The zero-order chi connectivity index (χ0) is 12.4. The summed E-state index contributed by atoms with van der Waals surface area (Å²) in [6.07, 6.45) is 0.388. The number of phenolic OH excluding ortho intramolecular Hbond substituents is 3. The Bertz CT molecular complexity index is 552. The van der Waals surface area contributed by atoms with Gasteiger partial charge in [-0.15, -0.1) is 0 Å². The zero-order valence-electron chi connectivity index (χ0n) is 8.89. The summed E-state index contributed by atoms with van der Waals surface area (Å²) in [4.78, 5) is 0. The lowest BCUT2D eigenvalue weighted by Crippen LogP contribution is -1.90. The molecular formula is C13H11ClO3. The molecule has 2 aromatic rings. The van der Waals surface area contributed by atoms with Crippen LogP contribution in [0.25, 0.3) is 0 Å². The molecule has 0 radical (unpaired) electrons. The van der Waals surface area contributed by atoms with Crippen molar-refractivity contribution in [2.24, 2.45) is 0 Å². The predicted octanol–water partition coefficient (Wildman–Crippen LogP) is 3.05. The van der Waals surface area contributed by atoms with Crippen molar-refractivity contribution in [2.45, 2.75) is 6.42 Å². The van der Waals surface area contributed by atoms with Crippen molar-refractivity contribution >= 4 is 11.6 Å². The van der Waals surface area contributed by atoms with Gasteiger partial charge >= 0.3 is 0 Å². The van der Waals surface area contributed by atoms with Crippen LogP contribution in [0, 0.1) is 0 Å². The lowest BCUT2D eigenvalue weighted by atomic mass is 10.0. The molecule has 0 bridgehead atoms. The zero-order valence-corrected chi connectivity index (χ0v) is 9.65. The van der Waals surface area contributed by atoms with Crippen LogP contribution in [-0.2, 0) is 6.42 Å². The summed E-state index contributed by atoms with van der Waals surface area (Å²) in [5.74, 6) is -0.671. The van der Waals surface area contributed by atoms with Crippen LogP contribution in [-0.4, -0.2) is 15.3 Å². The lowest BCUT2D eigenvalue weighted by molar-refractivity contribution is 0.395. The standard InChI is InChI=1S/C13H11ClO3/c14-10-4-2-1-3-8(10)5-9-6-12(16)13(17)7-11(9)15/h1-4,6-7,15-17H,5H2. The van der Waals surface area contributed by atoms with Crippen LogP contribution in [0.2, 0.25) is 5.02 Å². The summed E-state index contributed by atoms with van der Waals surface area (Å²) in [6.45, 7) is 0. The minimum atomic E-state index is -0.342. The SMILES string of the molecule is Oc1cc(O)c(Cc2ccccc2Cl)cc1O. The monoisotopic (exact) mass is 250 g/mol. The highest BCUT2D eigenvalue weighted by Crippen LogP contribution is 2.34. The number of phenols is 3. The predicted molar refractivity (Wildman–Crippen MR) is 65.7 cm³/mol. The molecule has 0 heterocycles. The second-order valence-electron chi connectivity index (χ2n) is 3.74. The first-order valence-electron chi connectivity index (χ1n) is 5.05. The van der Waals surface area contributed by atoms with E-state index in [-0.39, 0.29) is 17.2 Å². The van der Waals surface area contributed by atoms with E-state index in [9.17, 15) is 15.3 Å². The van der Waals surface area contributed by atoms with Crippen LogP contribution in [0.5, 0.6) is 17.2 Å². The van der Waals surface area contributed by atoms with Crippen LogP contribution >= 0.6 is 11.6 Å². The van der Waals surface area contributed by atoms with E-state index in [1.54, 1.807) is 6.07 Å². The highest BCUT2D eigenvalue weighted by atomic mass is 35.5. The Balaban J connectivity index is 2.37. The van der Waals surface area contributed by atoms with Gasteiger partial charge in [0, 0.05) is 23.1 Å². The van der Waals surface area contributed by atoms with Gasteiger partial charge < -0.3 is 15.3 Å². The van der Waals surface area contributed by atoms with Crippen molar-refractivity contribution in [3.8, 4) is 17.2 Å². The third-order valence-corrected chi connectivity index (χ3v) is 2.88. The Hall–Kier alpha value is -1.87. The van der Waals surface area contributed by atoms with E-state index in [0.717, 1.165) is 11.6 Å². The molecule has 2 aromatic carbocycles. The molecule has 0 saturated carbocycles. The van der Waals surface area contributed by atoms with Crippen molar-refractivity contribution in [1.29, 1.82) is 0 Å². The van der Waals surface area contributed by atoms with E-state index < -0.39 is 0 Å². The molecular weight excluding hydrogens is 240 g/mol. The molecule has 0 aliphatic rings. The molecule has 0 atom stereocenters. The summed E-state index contributed by atoms with van der Waals surface area (Å²) in [5.41, 5.74) is 1.35. The summed E-state index contributed by atoms with van der Waals surface area (Å²) in [5, 5.41) is 28.8. The van der Waals surface area contributed by atoms with Gasteiger partial charge in [0.15, 0.2) is 11.5 Å². The number of halogens is 1. The topological polar surface area (TPSA) is 60.7 Å². The number of benzene rings is 2. The summed E-state index contributed by atoms with van der Waals surface area (Å²) in [6, 6.07) is 9.70. The van der Waals surface area contributed by atoms with Crippen molar-refractivity contribution in [1.82, 2.24) is 0 Å². The maximum atomic E-state index is 9.65. The van der Waals surface area contributed by atoms with Crippen LogP contribution in [0.3, 0.4) is 0 Å². The Morgan fingerprint density at radius 2 is 1.47 bits per heavy atom. The van der Waals surface area contributed by atoms with Crippen molar-refractivity contribution in [3.05, 3.63) is 52.5 Å². The van der Waals surface area contributed by atoms with Gasteiger partial charge in [-0.2, -0.15) is 0 Å². The van der Waals surface area contributed by atoms with Gasteiger partial charge in [-0.25, -0.2) is 0 Å². The van der Waals surface area contributed by atoms with Gasteiger partial charge in [-0.1, -0.05) is 29.8 Å². The van der Waals surface area contributed by atoms with E-state index in [1.807, 2.05) is 18.2 Å². The van der Waals surface area contributed by atoms with Crippen LogP contribution in [0.15, 0.2) is 36.4 Å². The van der Waals surface area contributed by atoms with Crippen molar-refractivity contribution in [2.75, 3.05) is 0 Å². The Labute approximate surface area is 104 Å². The summed E-state index contributed by atoms with van der Waals surface area (Å²) in [7, 11) is 0. The fraction of sp³-hybridized carbons (Fsp3) is 0.0769. The number of hydrogen-bond donors (Lipinski definition) is 3. The van der Waals surface area contributed by atoms with Crippen LogP contribution < -0.4 is 0 Å². The average molecular weight is 251 g/mol. The van der Waals surface area contributed by atoms with Crippen molar-refractivity contribution in [3.63, 3.8) is 0 Å². The normalized spacial score (nSPS) is 10.4. The van der Waals surface area contributed by atoms with E-state index in [1.165, 1.54) is 6.07 Å². The summed E-state index contributed by atoms with van der Waals surface area (Å²) >= 11 is 6.00. The molecule has 0 fully saturated rings. The molecule has 0 aliphatic heterocycles. The Morgan fingerprint density at radius 1 is 0.824 bits per heavy atom. The van der Waals surface area contributed by atoms with E-state index in [0.29, 0.717) is 17.0 Å². The smallest absolute Gasteiger partial charge is 0.161 e. The third kappa shape index (κ3) is 2.45. The molecule has 0 saturated heterocycles. The fourth-order valence-corrected chi connectivity index (χ4v) is 1.80. The lowest BCUT2D eigenvalue weighted by Gasteiger charge is -2.08. The molecule has 0 unspecified atom stereocenters. The summed E-state index contributed by atoms with van der Waals surface area (Å²) < 4.78 is 0. The quantitative estimate of drug-likeness (QED) is 0.567. The van der Waals surface area contributed by atoms with Crippen molar-refractivity contribution < 1.29 is 15.3 Å². The molecule has 0 spiro atoms. The van der Waals surface area contributed by atoms with E-state index in [2.05, 4.69) is 0 Å². The molecule has 0 amide bonds. The van der Waals surface area contributed by atoms with Gasteiger partial charge in [0.2, 0.25) is 0 Å². The van der Waals surface area contributed by atoms with Gasteiger partial charge in [0.25, 0.3) is 0 Å².